The maximum Gasteiger partial charge on any atom is 0.229 e. The quantitative estimate of drug-likeness (QED) is 0.583. The molecule has 0 aliphatic carbocycles. The molecule has 12 heteroatoms. The number of nitrogens with zero attached hydrogens (tertiary/aromatic N) is 6. The van der Waals surface area contributed by atoms with Crippen LogP contribution in [0.4, 0.5) is 17.2 Å². The minimum absolute atomic E-state index is 0.119. The van der Waals surface area contributed by atoms with E-state index in [2.05, 4.69) is 35.0 Å². The number of carbonyl (C=O) groups is 1. The number of aromatic nitrogens is 5. The van der Waals surface area contributed by atoms with Gasteiger partial charge >= 0.3 is 0 Å². The summed E-state index contributed by atoms with van der Waals surface area (Å²) in [7, 11) is -3.39. The highest BCUT2D eigenvalue weighted by atomic mass is 32.2. The molecule has 1 aliphatic heterocycles. The van der Waals surface area contributed by atoms with Crippen LogP contribution in [0.3, 0.4) is 0 Å². The molecule has 0 bridgehead atoms. The first-order chi connectivity index (χ1) is 14.9. The van der Waals surface area contributed by atoms with Gasteiger partial charge in [-0.25, -0.2) is 28.1 Å². The van der Waals surface area contributed by atoms with E-state index in [1.54, 1.807) is 35.3 Å². The molecule has 3 aromatic rings. The molecule has 1 aromatic carbocycles. The van der Waals surface area contributed by atoms with E-state index in [1.165, 1.54) is 12.7 Å². The van der Waals surface area contributed by atoms with Gasteiger partial charge in [0.15, 0.2) is 5.82 Å². The lowest BCUT2D eigenvalue weighted by Gasteiger charge is -2.32. The summed E-state index contributed by atoms with van der Waals surface area (Å²) in [5.74, 6) is 0.971. The highest BCUT2D eigenvalue weighted by Gasteiger charge is 2.27. The van der Waals surface area contributed by atoms with Crippen LogP contribution >= 0.6 is 0 Å². The number of sulfonamides is 1. The van der Waals surface area contributed by atoms with Crippen molar-refractivity contribution in [1.29, 1.82) is 0 Å². The Morgan fingerprint density at radius 3 is 2.71 bits per heavy atom. The number of hydrogen-bond acceptors (Lipinski definition) is 8. The third kappa shape index (κ3) is 5.34. The topological polar surface area (TPSA) is 135 Å². The van der Waals surface area contributed by atoms with Crippen LogP contribution in [0.25, 0.3) is 5.82 Å². The van der Waals surface area contributed by atoms with Crippen LogP contribution in [0.5, 0.6) is 0 Å². The zero-order valence-corrected chi connectivity index (χ0v) is 17.7. The van der Waals surface area contributed by atoms with Gasteiger partial charge in [0.1, 0.15) is 24.8 Å². The number of piperidine rings is 1. The highest BCUT2D eigenvalue weighted by Crippen LogP contribution is 2.24. The van der Waals surface area contributed by atoms with Gasteiger partial charge < -0.3 is 10.2 Å². The lowest BCUT2D eigenvalue weighted by atomic mass is 9.97. The second-order valence-electron chi connectivity index (χ2n) is 7.30. The van der Waals surface area contributed by atoms with Crippen LogP contribution in [-0.4, -0.2) is 58.4 Å². The fraction of sp³-hybridized carbons (Fsp3) is 0.316. The lowest BCUT2D eigenvalue weighted by molar-refractivity contribution is -0.120. The van der Waals surface area contributed by atoms with Gasteiger partial charge in [0, 0.05) is 24.8 Å². The summed E-state index contributed by atoms with van der Waals surface area (Å²) in [6.45, 7) is 1.30. The third-order valence-electron chi connectivity index (χ3n) is 4.84. The van der Waals surface area contributed by atoms with Gasteiger partial charge in [-0.1, -0.05) is 6.07 Å². The molecule has 1 saturated heterocycles. The second-order valence-corrected chi connectivity index (χ2v) is 9.05. The van der Waals surface area contributed by atoms with Crippen molar-refractivity contribution in [2.45, 2.75) is 12.8 Å². The van der Waals surface area contributed by atoms with Crippen LogP contribution in [0.2, 0.25) is 0 Å². The SMILES string of the molecule is CS(=O)(=O)Nc1cccc(NC(=O)C2CCCN(c3cc(-n4cncn4)ncn3)C2)c1. The van der Waals surface area contributed by atoms with Gasteiger partial charge in [0.2, 0.25) is 15.9 Å². The van der Waals surface area contributed by atoms with E-state index >= 15 is 0 Å². The molecule has 0 saturated carbocycles. The Kier molecular flexibility index (Phi) is 5.80. The number of benzene rings is 1. The molecule has 31 heavy (non-hydrogen) atoms. The van der Waals surface area contributed by atoms with Gasteiger partial charge in [-0.05, 0) is 31.0 Å². The van der Waals surface area contributed by atoms with E-state index < -0.39 is 10.0 Å². The molecule has 1 fully saturated rings. The molecule has 1 unspecified atom stereocenters. The first kappa shape index (κ1) is 20.7. The average molecular weight is 443 g/mol. The van der Waals surface area contributed by atoms with Crippen LogP contribution in [0, 0.1) is 5.92 Å². The van der Waals surface area contributed by atoms with Crippen molar-refractivity contribution in [3.05, 3.63) is 49.3 Å². The van der Waals surface area contributed by atoms with Crippen molar-refractivity contribution in [2.24, 2.45) is 5.92 Å². The maximum absolute atomic E-state index is 12.9. The van der Waals surface area contributed by atoms with Gasteiger partial charge in [-0.15, -0.1) is 0 Å². The minimum Gasteiger partial charge on any atom is -0.356 e. The van der Waals surface area contributed by atoms with Crippen LogP contribution in [-0.2, 0) is 14.8 Å². The summed E-state index contributed by atoms with van der Waals surface area (Å²) in [6.07, 6.45) is 7.14. The largest absolute Gasteiger partial charge is 0.356 e. The molecule has 1 atom stereocenters. The van der Waals surface area contributed by atoms with Crippen molar-refractivity contribution in [2.75, 3.05) is 34.3 Å². The number of hydrogen-bond donors (Lipinski definition) is 2. The molecule has 11 nitrogen and oxygen atoms in total. The predicted octanol–water partition coefficient (Wildman–Crippen LogP) is 1.28. The van der Waals surface area contributed by atoms with E-state index in [9.17, 15) is 13.2 Å². The molecule has 0 spiro atoms. The molecule has 3 heterocycles. The van der Waals surface area contributed by atoms with E-state index in [0.29, 0.717) is 23.7 Å². The van der Waals surface area contributed by atoms with Gasteiger partial charge in [-0.2, -0.15) is 5.10 Å². The highest BCUT2D eigenvalue weighted by molar-refractivity contribution is 7.92. The molecule has 1 amide bonds. The Hall–Kier alpha value is -3.54. The molecule has 162 valence electrons. The monoisotopic (exact) mass is 442 g/mol. The summed E-state index contributed by atoms with van der Waals surface area (Å²) in [5, 5.41) is 6.97. The van der Waals surface area contributed by atoms with E-state index in [1.807, 2.05) is 6.07 Å². The summed E-state index contributed by atoms with van der Waals surface area (Å²) in [5.41, 5.74) is 0.929. The first-order valence-electron chi connectivity index (χ1n) is 9.68. The molecular weight excluding hydrogens is 420 g/mol. The van der Waals surface area contributed by atoms with Crippen LogP contribution < -0.4 is 14.9 Å². The normalized spacial score (nSPS) is 16.7. The van der Waals surface area contributed by atoms with E-state index in [4.69, 9.17) is 0 Å². The van der Waals surface area contributed by atoms with Crippen molar-refractivity contribution in [3.8, 4) is 5.82 Å². The molecule has 2 aromatic heterocycles. The van der Waals surface area contributed by atoms with Gasteiger partial charge in [-0.3, -0.25) is 9.52 Å². The van der Waals surface area contributed by atoms with E-state index in [0.717, 1.165) is 31.5 Å². The number of amides is 1. The zero-order chi connectivity index (χ0) is 21.8. The smallest absolute Gasteiger partial charge is 0.229 e. The lowest BCUT2D eigenvalue weighted by Crippen LogP contribution is -2.41. The maximum atomic E-state index is 12.9. The third-order valence-corrected chi connectivity index (χ3v) is 5.45. The zero-order valence-electron chi connectivity index (χ0n) is 16.8. The Labute approximate surface area is 179 Å². The Morgan fingerprint density at radius 1 is 1.13 bits per heavy atom. The standard InChI is InChI=1S/C19H22N8O3S/c1-31(29,30)25-16-6-2-5-15(8-16)24-19(28)14-4-3-7-26(10-14)17-9-18(22-12-21-17)27-13-20-11-23-27/h2,5-6,8-9,11-14,25H,3-4,7,10H2,1H3,(H,24,28). The molecule has 0 radical (unpaired) electrons. The van der Waals surface area contributed by atoms with Crippen molar-refractivity contribution >= 4 is 33.1 Å². The molecule has 2 N–H and O–H groups in total. The van der Waals surface area contributed by atoms with Crippen molar-refractivity contribution in [1.82, 2.24) is 24.7 Å². The Balaban J connectivity index is 1.44. The second kappa shape index (κ2) is 8.68. The number of nitrogens with one attached hydrogen (secondary N) is 2. The Bertz CT molecular complexity index is 1170. The van der Waals surface area contributed by atoms with Crippen molar-refractivity contribution in [3.63, 3.8) is 0 Å². The van der Waals surface area contributed by atoms with Crippen molar-refractivity contribution < 1.29 is 13.2 Å². The number of rotatable bonds is 6. The fourth-order valence-corrected chi connectivity index (χ4v) is 4.04. The molecular formula is C19H22N8O3S. The average Bonchev–Trinajstić information content (AvgIpc) is 3.28. The van der Waals surface area contributed by atoms with Gasteiger partial charge in [0.25, 0.3) is 0 Å². The summed E-state index contributed by atoms with van der Waals surface area (Å²) in [6, 6.07) is 8.44. The Morgan fingerprint density at radius 2 is 1.94 bits per heavy atom. The van der Waals surface area contributed by atoms with Crippen LogP contribution in [0.1, 0.15) is 12.8 Å². The number of anilines is 3. The summed E-state index contributed by atoms with van der Waals surface area (Å²) in [4.78, 5) is 27.4. The minimum atomic E-state index is -3.39. The first-order valence-corrected chi connectivity index (χ1v) is 11.6. The van der Waals surface area contributed by atoms with E-state index in [-0.39, 0.29) is 11.8 Å². The van der Waals surface area contributed by atoms with Crippen LogP contribution in [0.15, 0.2) is 49.3 Å². The fourth-order valence-electron chi connectivity index (χ4n) is 3.48. The predicted molar refractivity (Wildman–Crippen MR) is 115 cm³/mol. The molecule has 4 rings (SSSR count). The summed E-state index contributed by atoms with van der Waals surface area (Å²) >= 11 is 0. The summed E-state index contributed by atoms with van der Waals surface area (Å²) < 4.78 is 26.8. The number of carbonyl (C=O) groups excluding carboxylic acids is 1. The van der Waals surface area contributed by atoms with Gasteiger partial charge in [0.05, 0.1) is 17.9 Å². The molecule has 1 aliphatic rings.